The van der Waals surface area contributed by atoms with Crippen molar-refractivity contribution >= 4 is 29.7 Å². The lowest BCUT2D eigenvalue weighted by Gasteiger charge is -2.29. The second kappa shape index (κ2) is 10.7. The molecule has 0 aromatic rings. The summed E-state index contributed by atoms with van der Waals surface area (Å²) in [6, 6.07) is -2.92. The number of carbonyl (C=O) groups excluding carboxylic acids is 3. The SMILES string of the molecule is COC(CC(=O)O)C(=O)N[C@@H](C)C(=O)N1CCC[C@H]1C(=O)N[C@H](C(=O)O)C(C)C. The molecule has 1 heterocycles. The summed E-state index contributed by atoms with van der Waals surface area (Å²) in [6.45, 7) is 5.05. The number of carboxylic acids is 2. The smallest absolute Gasteiger partial charge is 0.326 e. The summed E-state index contributed by atoms with van der Waals surface area (Å²) in [6.07, 6.45) is -0.863. The number of likely N-dealkylation sites (tertiary alicyclic amines) is 1. The zero-order valence-corrected chi connectivity index (χ0v) is 17.0. The fraction of sp³-hybridized carbons (Fsp3) is 0.722. The van der Waals surface area contributed by atoms with E-state index in [-0.39, 0.29) is 5.92 Å². The molecule has 0 aromatic heterocycles. The van der Waals surface area contributed by atoms with E-state index in [2.05, 4.69) is 10.6 Å². The van der Waals surface area contributed by atoms with Crippen molar-refractivity contribution < 1.29 is 38.9 Å². The summed E-state index contributed by atoms with van der Waals surface area (Å²) in [5, 5.41) is 22.9. The Kier molecular flexibility index (Phi) is 9.02. The Morgan fingerprint density at radius 3 is 2.21 bits per heavy atom. The van der Waals surface area contributed by atoms with Crippen molar-refractivity contribution in [2.24, 2.45) is 5.92 Å². The molecule has 0 radical (unpaired) electrons. The summed E-state index contributed by atoms with van der Waals surface area (Å²) in [7, 11) is 1.19. The highest BCUT2D eigenvalue weighted by Crippen LogP contribution is 2.19. The molecule has 0 aliphatic carbocycles. The van der Waals surface area contributed by atoms with Crippen molar-refractivity contribution in [1.82, 2.24) is 15.5 Å². The van der Waals surface area contributed by atoms with Gasteiger partial charge in [0, 0.05) is 13.7 Å². The van der Waals surface area contributed by atoms with Crippen LogP contribution < -0.4 is 10.6 Å². The maximum atomic E-state index is 12.7. The number of methoxy groups -OCH3 is 1. The topological polar surface area (TPSA) is 162 Å². The average molecular weight is 415 g/mol. The van der Waals surface area contributed by atoms with Crippen LogP contribution in [-0.4, -0.2) is 82.7 Å². The Labute approximate surface area is 168 Å². The number of hydrogen-bond acceptors (Lipinski definition) is 6. The molecule has 0 saturated carbocycles. The molecule has 1 unspecified atom stereocenters. The van der Waals surface area contributed by atoms with Gasteiger partial charge in [0.25, 0.3) is 0 Å². The highest BCUT2D eigenvalue weighted by Gasteiger charge is 2.38. The van der Waals surface area contributed by atoms with Gasteiger partial charge in [-0.1, -0.05) is 13.8 Å². The maximum absolute atomic E-state index is 12.7. The third kappa shape index (κ3) is 6.70. The summed E-state index contributed by atoms with van der Waals surface area (Å²) < 4.78 is 4.84. The van der Waals surface area contributed by atoms with Crippen LogP contribution in [0.1, 0.15) is 40.0 Å². The number of amides is 3. The predicted molar refractivity (Wildman–Crippen MR) is 99.8 cm³/mol. The minimum absolute atomic E-state index is 0.291. The number of carbonyl (C=O) groups is 5. The van der Waals surface area contributed by atoms with Crippen LogP contribution in [0, 0.1) is 5.92 Å². The quantitative estimate of drug-likeness (QED) is 0.360. The third-order valence-electron chi connectivity index (χ3n) is 4.74. The van der Waals surface area contributed by atoms with Crippen LogP contribution in [0.2, 0.25) is 0 Å². The molecule has 3 amide bonds. The molecule has 1 saturated heterocycles. The number of nitrogens with one attached hydrogen (secondary N) is 2. The van der Waals surface area contributed by atoms with E-state index in [1.807, 2.05) is 0 Å². The maximum Gasteiger partial charge on any atom is 0.326 e. The summed E-state index contributed by atoms with van der Waals surface area (Å²) >= 11 is 0. The lowest BCUT2D eigenvalue weighted by atomic mass is 10.0. The number of aliphatic carboxylic acids is 2. The van der Waals surface area contributed by atoms with Gasteiger partial charge in [0.15, 0.2) is 0 Å². The fourth-order valence-corrected chi connectivity index (χ4v) is 3.12. The first kappa shape index (κ1) is 24.3. The summed E-state index contributed by atoms with van der Waals surface area (Å²) in [4.78, 5) is 60.8. The normalized spacial score (nSPS) is 19.3. The molecule has 1 fully saturated rings. The lowest BCUT2D eigenvalue weighted by molar-refractivity contribution is -0.147. The van der Waals surface area contributed by atoms with Crippen molar-refractivity contribution in [3.63, 3.8) is 0 Å². The number of carboxylic acid groups (broad SMARTS) is 2. The molecule has 1 aliphatic rings. The Morgan fingerprint density at radius 1 is 1.10 bits per heavy atom. The number of rotatable bonds is 10. The minimum atomic E-state index is -1.25. The van der Waals surface area contributed by atoms with E-state index in [0.717, 1.165) is 0 Å². The van der Waals surface area contributed by atoms with Gasteiger partial charge in [-0.25, -0.2) is 4.79 Å². The Morgan fingerprint density at radius 2 is 1.72 bits per heavy atom. The molecular formula is C18H29N3O8. The van der Waals surface area contributed by atoms with Gasteiger partial charge in [0.1, 0.15) is 24.2 Å². The third-order valence-corrected chi connectivity index (χ3v) is 4.74. The van der Waals surface area contributed by atoms with Gasteiger partial charge in [-0.2, -0.15) is 0 Å². The Bertz CT molecular complexity index is 651. The second-order valence-corrected chi connectivity index (χ2v) is 7.31. The standard InChI is InChI=1S/C18H29N3O8/c1-9(2)14(18(27)28)20-15(24)11-6-5-7-21(11)17(26)10(3)19-16(25)12(29-4)8-13(22)23/h9-12,14H,5-8H2,1-4H3,(H,19,25)(H,20,24)(H,22,23)(H,27,28)/t10-,11-,12?,14-/m0/s1. The van der Waals surface area contributed by atoms with E-state index in [1.165, 1.54) is 18.9 Å². The number of ether oxygens (including phenoxy) is 1. The van der Waals surface area contributed by atoms with E-state index in [4.69, 9.17) is 9.84 Å². The van der Waals surface area contributed by atoms with Crippen molar-refractivity contribution in [3.05, 3.63) is 0 Å². The van der Waals surface area contributed by atoms with Crippen LogP contribution in [0.3, 0.4) is 0 Å². The van der Waals surface area contributed by atoms with E-state index < -0.39 is 60.3 Å². The molecule has 11 heteroatoms. The van der Waals surface area contributed by atoms with Crippen LogP contribution in [-0.2, 0) is 28.7 Å². The summed E-state index contributed by atoms with van der Waals surface area (Å²) in [5.41, 5.74) is 0. The van der Waals surface area contributed by atoms with Crippen LogP contribution in [0.25, 0.3) is 0 Å². The van der Waals surface area contributed by atoms with Gasteiger partial charge < -0.3 is 30.5 Å². The average Bonchev–Trinajstić information content (AvgIpc) is 3.12. The molecule has 1 rings (SSSR count). The van der Waals surface area contributed by atoms with Gasteiger partial charge in [-0.15, -0.1) is 0 Å². The van der Waals surface area contributed by atoms with E-state index in [1.54, 1.807) is 13.8 Å². The first-order valence-corrected chi connectivity index (χ1v) is 9.38. The molecule has 29 heavy (non-hydrogen) atoms. The van der Waals surface area contributed by atoms with Gasteiger partial charge in [-0.05, 0) is 25.7 Å². The Hall–Kier alpha value is -2.69. The molecule has 0 bridgehead atoms. The minimum Gasteiger partial charge on any atom is -0.481 e. The highest BCUT2D eigenvalue weighted by molar-refractivity contribution is 5.94. The van der Waals surface area contributed by atoms with Crippen molar-refractivity contribution in [1.29, 1.82) is 0 Å². The zero-order valence-electron chi connectivity index (χ0n) is 17.0. The first-order chi connectivity index (χ1) is 13.5. The molecular weight excluding hydrogens is 386 g/mol. The lowest BCUT2D eigenvalue weighted by Crippen LogP contribution is -2.56. The van der Waals surface area contributed by atoms with Crippen LogP contribution >= 0.6 is 0 Å². The molecule has 1 aliphatic heterocycles. The molecule has 4 N–H and O–H groups in total. The number of nitrogens with zero attached hydrogens (tertiary/aromatic N) is 1. The van der Waals surface area contributed by atoms with E-state index in [0.29, 0.717) is 19.4 Å². The van der Waals surface area contributed by atoms with Crippen LogP contribution in [0.5, 0.6) is 0 Å². The largest absolute Gasteiger partial charge is 0.481 e. The Balaban J connectivity index is 2.78. The van der Waals surface area contributed by atoms with Gasteiger partial charge in [0.2, 0.25) is 17.7 Å². The van der Waals surface area contributed by atoms with Crippen molar-refractivity contribution in [2.75, 3.05) is 13.7 Å². The van der Waals surface area contributed by atoms with Gasteiger partial charge >= 0.3 is 11.9 Å². The molecule has 11 nitrogen and oxygen atoms in total. The second-order valence-electron chi connectivity index (χ2n) is 7.31. The van der Waals surface area contributed by atoms with Crippen LogP contribution in [0.4, 0.5) is 0 Å². The monoisotopic (exact) mass is 415 g/mol. The van der Waals surface area contributed by atoms with Crippen LogP contribution in [0.15, 0.2) is 0 Å². The number of hydrogen-bond donors (Lipinski definition) is 4. The molecule has 4 atom stereocenters. The summed E-state index contributed by atoms with van der Waals surface area (Å²) in [5.74, 6) is -4.54. The predicted octanol–water partition coefficient (Wildman–Crippen LogP) is -0.803. The van der Waals surface area contributed by atoms with E-state index in [9.17, 15) is 29.1 Å². The molecule has 0 spiro atoms. The highest BCUT2D eigenvalue weighted by atomic mass is 16.5. The zero-order chi connectivity index (χ0) is 22.3. The van der Waals surface area contributed by atoms with Crippen molar-refractivity contribution in [2.45, 2.75) is 64.3 Å². The molecule has 164 valence electrons. The van der Waals surface area contributed by atoms with Crippen molar-refractivity contribution in [3.8, 4) is 0 Å². The van der Waals surface area contributed by atoms with Gasteiger partial charge in [-0.3, -0.25) is 19.2 Å². The fourth-order valence-electron chi connectivity index (χ4n) is 3.12. The molecule has 0 aromatic carbocycles. The van der Waals surface area contributed by atoms with Gasteiger partial charge in [0.05, 0.1) is 6.42 Å². The van der Waals surface area contributed by atoms with E-state index >= 15 is 0 Å². The first-order valence-electron chi connectivity index (χ1n) is 9.38.